The molecule has 0 unspecified atom stereocenters. The monoisotopic (exact) mass is 231 g/mol. The summed E-state index contributed by atoms with van der Waals surface area (Å²) in [4.78, 5) is 0. The van der Waals surface area contributed by atoms with E-state index < -0.39 is 0 Å². The molecule has 1 nitrogen and oxygen atoms in total. The zero-order chi connectivity index (χ0) is 12.1. The van der Waals surface area contributed by atoms with Gasteiger partial charge in [0.25, 0.3) is 0 Å². The Hall–Kier alpha value is -0.863. The molecule has 2 radical (unpaired) electrons. The lowest BCUT2D eigenvalue weighted by atomic mass is 9.97. The van der Waals surface area contributed by atoms with Crippen molar-refractivity contribution >= 4 is 20.9 Å². The summed E-state index contributed by atoms with van der Waals surface area (Å²) < 4.78 is 2.24. The molecule has 0 aliphatic rings. The molecule has 0 heterocycles. The average molecular weight is 231 g/mol. The second-order valence-corrected chi connectivity index (χ2v) is 5.74. The van der Waals surface area contributed by atoms with Gasteiger partial charge in [0.2, 0.25) is 0 Å². The van der Waals surface area contributed by atoms with Gasteiger partial charge in [0.05, 0.1) is 0 Å². The molecule has 0 fully saturated rings. The summed E-state index contributed by atoms with van der Waals surface area (Å²) in [6, 6.07) is 4.53. The molecule has 1 rings (SSSR count). The van der Waals surface area contributed by atoms with Crippen molar-refractivity contribution in [2.24, 2.45) is 0 Å². The topological polar surface area (TPSA) is 3.24 Å². The van der Waals surface area contributed by atoms with Gasteiger partial charge in [0, 0.05) is 0 Å². The predicted molar refractivity (Wildman–Crippen MR) is 74.4 cm³/mol. The summed E-state index contributed by atoms with van der Waals surface area (Å²) in [5.74, 6) is 0. The lowest BCUT2D eigenvalue weighted by molar-refractivity contribution is 0.668. The van der Waals surface area contributed by atoms with E-state index in [0.717, 1.165) is 22.5 Å². The fourth-order valence-corrected chi connectivity index (χ4v) is 3.09. The molecule has 0 atom stereocenters. The van der Waals surface area contributed by atoms with Gasteiger partial charge in [-0.25, -0.2) is 0 Å². The minimum Gasteiger partial charge on any atom is -0.327 e. The van der Waals surface area contributed by atoms with Crippen molar-refractivity contribution < 1.29 is 0 Å². The fourth-order valence-electron chi connectivity index (χ4n) is 2.00. The quantitative estimate of drug-likeness (QED) is 0.703. The Bertz CT molecular complexity index is 369. The van der Waals surface area contributed by atoms with Gasteiger partial charge in [0.1, 0.15) is 0 Å². The van der Waals surface area contributed by atoms with Crippen LogP contribution in [0.4, 0.5) is 0 Å². The number of hydrogen-bond donors (Lipinski definition) is 0. The van der Waals surface area contributed by atoms with Gasteiger partial charge in [-0.05, 0) is 48.8 Å². The van der Waals surface area contributed by atoms with E-state index in [1.807, 2.05) is 6.08 Å². The first-order chi connectivity index (χ1) is 7.63. The second-order valence-electron chi connectivity index (χ2n) is 4.08. The lowest BCUT2D eigenvalue weighted by Crippen LogP contribution is -2.32. The van der Waals surface area contributed by atoms with Crippen LogP contribution in [0.25, 0.3) is 6.08 Å². The molecular formula is C14H21NSi. The Labute approximate surface area is 102 Å². The number of benzene rings is 1. The average Bonchev–Trinajstić information content (AvgIpc) is 2.27. The highest BCUT2D eigenvalue weighted by Gasteiger charge is 2.10. The molecule has 0 saturated carbocycles. The van der Waals surface area contributed by atoms with E-state index in [1.165, 1.54) is 21.9 Å². The van der Waals surface area contributed by atoms with Crippen LogP contribution in [0.5, 0.6) is 0 Å². The Kier molecular flexibility index (Phi) is 4.96. The first-order valence-corrected chi connectivity index (χ1v) is 6.79. The summed E-state index contributed by atoms with van der Waals surface area (Å²) in [5, 5.41) is 1.46. The van der Waals surface area contributed by atoms with Gasteiger partial charge < -0.3 is 4.57 Å². The number of aryl methyl sites for hydroxylation is 1. The Morgan fingerprint density at radius 1 is 1.25 bits per heavy atom. The molecule has 0 saturated heterocycles. The van der Waals surface area contributed by atoms with Gasteiger partial charge >= 0.3 is 0 Å². The van der Waals surface area contributed by atoms with Crippen molar-refractivity contribution in [3.63, 3.8) is 0 Å². The normalized spacial score (nSPS) is 10.8. The van der Waals surface area contributed by atoms with Crippen molar-refractivity contribution in [1.82, 2.24) is 4.57 Å². The summed E-state index contributed by atoms with van der Waals surface area (Å²) in [5.41, 5.74) is 4.25. The third-order valence-corrected chi connectivity index (χ3v) is 3.89. The molecule has 1 aromatic carbocycles. The molecule has 16 heavy (non-hydrogen) atoms. The highest BCUT2D eigenvalue weighted by Crippen LogP contribution is 2.16. The smallest absolute Gasteiger partial charge is 0.182 e. The molecule has 0 aliphatic heterocycles. The SMILES string of the molecule is C=Cc1c(CC)ccc([Si]N(C)C)c1CC. The Morgan fingerprint density at radius 3 is 2.38 bits per heavy atom. The summed E-state index contributed by atoms with van der Waals surface area (Å²) in [6.07, 6.45) is 4.19. The predicted octanol–water partition coefficient (Wildman–Crippen LogP) is 2.26. The molecule has 0 bridgehead atoms. The molecule has 1 aromatic rings. The molecule has 0 amide bonds. The van der Waals surface area contributed by atoms with Crippen LogP contribution in [-0.2, 0) is 12.8 Å². The molecule has 2 heteroatoms. The standard InChI is InChI=1S/C14H21NSi/c1-6-11-9-10-14(16-15(4)5)13(8-3)12(11)7-2/h7,9-10H,2,6,8H2,1,3-5H3. The third-order valence-electron chi connectivity index (χ3n) is 2.73. The van der Waals surface area contributed by atoms with Crippen molar-refractivity contribution in [3.05, 3.63) is 35.4 Å². The van der Waals surface area contributed by atoms with Crippen molar-refractivity contribution in [1.29, 1.82) is 0 Å². The van der Waals surface area contributed by atoms with Gasteiger partial charge in [-0.2, -0.15) is 0 Å². The third kappa shape index (κ3) is 2.83. The van der Waals surface area contributed by atoms with Gasteiger partial charge in [-0.15, -0.1) is 0 Å². The maximum absolute atomic E-state index is 3.96. The van der Waals surface area contributed by atoms with E-state index in [0.29, 0.717) is 0 Å². The highest BCUT2D eigenvalue weighted by atomic mass is 28.2. The minimum absolute atomic E-state index is 0.749. The van der Waals surface area contributed by atoms with Crippen LogP contribution in [0, 0.1) is 0 Å². The first kappa shape index (κ1) is 13.2. The van der Waals surface area contributed by atoms with Crippen LogP contribution < -0.4 is 5.19 Å². The van der Waals surface area contributed by atoms with Crippen LogP contribution in [0.3, 0.4) is 0 Å². The molecule has 0 aliphatic carbocycles. The maximum Gasteiger partial charge on any atom is 0.182 e. The summed E-state index contributed by atoms with van der Waals surface area (Å²) in [6.45, 7) is 8.39. The van der Waals surface area contributed by atoms with E-state index in [2.05, 4.69) is 51.2 Å². The summed E-state index contributed by atoms with van der Waals surface area (Å²) in [7, 11) is 5.00. The van der Waals surface area contributed by atoms with Gasteiger partial charge in [0.15, 0.2) is 9.68 Å². The highest BCUT2D eigenvalue weighted by molar-refractivity contribution is 6.51. The van der Waals surface area contributed by atoms with Crippen LogP contribution >= 0.6 is 0 Å². The summed E-state index contributed by atoms with van der Waals surface area (Å²) >= 11 is 0. The molecule has 0 aromatic heterocycles. The van der Waals surface area contributed by atoms with E-state index in [4.69, 9.17) is 0 Å². The fraction of sp³-hybridized carbons (Fsp3) is 0.429. The zero-order valence-electron chi connectivity index (χ0n) is 10.8. The number of rotatable bonds is 5. The Balaban J connectivity index is 3.25. The van der Waals surface area contributed by atoms with E-state index in [1.54, 1.807) is 0 Å². The van der Waals surface area contributed by atoms with Crippen molar-refractivity contribution in [2.45, 2.75) is 26.7 Å². The van der Waals surface area contributed by atoms with Crippen molar-refractivity contribution in [2.75, 3.05) is 14.1 Å². The lowest BCUT2D eigenvalue weighted by Gasteiger charge is -2.16. The van der Waals surface area contributed by atoms with E-state index >= 15 is 0 Å². The zero-order valence-corrected chi connectivity index (χ0v) is 11.8. The van der Waals surface area contributed by atoms with Crippen molar-refractivity contribution in [3.8, 4) is 0 Å². The minimum atomic E-state index is 0.749. The van der Waals surface area contributed by atoms with Gasteiger partial charge in [-0.1, -0.05) is 38.6 Å². The number of hydrogen-bond acceptors (Lipinski definition) is 1. The van der Waals surface area contributed by atoms with E-state index in [9.17, 15) is 0 Å². The molecule has 0 spiro atoms. The Morgan fingerprint density at radius 2 is 1.94 bits per heavy atom. The molecule has 86 valence electrons. The van der Waals surface area contributed by atoms with Gasteiger partial charge in [-0.3, -0.25) is 0 Å². The maximum atomic E-state index is 3.96. The van der Waals surface area contributed by atoms with Crippen LogP contribution in [0.1, 0.15) is 30.5 Å². The molecule has 0 N–H and O–H groups in total. The molecular weight excluding hydrogens is 210 g/mol. The van der Waals surface area contributed by atoms with E-state index in [-0.39, 0.29) is 0 Å². The van der Waals surface area contributed by atoms with Crippen LogP contribution in [-0.4, -0.2) is 28.3 Å². The first-order valence-electron chi connectivity index (χ1n) is 5.85. The van der Waals surface area contributed by atoms with Crippen LogP contribution in [0.15, 0.2) is 18.7 Å². The largest absolute Gasteiger partial charge is 0.327 e. The second kappa shape index (κ2) is 6.02. The van der Waals surface area contributed by atoms with Crippen LogP contribution in [0.2, 0.25) is 0 Å². The number of nitrogens with zero attached hydrogens (tertiary/aromatic N) is 1.